The molecule has 4 rings (SSSR count). The number of pyridine rings is 1. The molecule has 2 aromatic carbocycles. The summed E-state index contributed by atoms with van der Waals surface area (Å²) in [6.07, 6.45) is -9.54. The number of carbonyl (C=O) groups is 4. The van der Waals surface area contributed by atoms with Crippen LogP contribution >= 0.6 is 0 Å². The first kappa shape index (κ1) is 39.2. The molecule has 1 aliphatic rings. The summed E-state index contributed by atoms with van der Waals surface area (Å²) in [5.74, 6) is -5.85. The van der Waals surface area contributed by atoms with Crippen LogP contribution in [0, 0.1) is 19.8 Å². The SMILES string of the molecule is Cc1ccc2nc(C)cc(COc3ccc(C4CCN(C(C(=O)NO)C(C)C)C4=O)cc3)c2c1.O=C(O)C(F)(F)F.O=C(O)C(F)(F)F. The molecule has 0 aliphatic carbocycles. The second-order valence-electron chi connectivity index (χ2n) is 10.9. The van der Waals surface area contributed by atoms with Crippen molar-refractivity contribution in [1.82, 2.24) is 15.4 Å². The largest absolute Gasteiger partial charge is 0.490 e. The van der Waals surface area contributed by atoms with Crippen molar-refractivity contribution in [2.75, 3.05) is 6.54 Å². The summed E-state index contributed by atoms with van der Waals surface area (Å²) in [4.78, 5) is 49.2. The number of likely N-dealkylation sites (tertiary alicyclic amines) is 1. The van der Waals surface area contributed by atoms with Gasteiger partial charge in [-0.3, -0.25) is 19.8 Å². The van der Waals surface area contributed by atoms with E-state index in [0.29, 0.717) is 19.6 Å². The number of carbonyl (C=O) groups excluding carboxylic acids is 2. The third-order valence-electron chi connectivity index (χ3n) is 6.93. The Morgan fingerprint density at radius 2 is 1.50 bits per heavy atom. The van der Waals surface area contributed by atoms with Crippen LogP contribution in [0.5, 0.6) is 5.75 Å². The van der Waals surface area contributed by atoms with Gasteiger partial charge in [0.15, 0.2) is 0 Å². The molecule has 11 nitrogen and oxygen atoms in total. The lowest BCUT2D eigenvalue weighted by Gasteiger charge is -2.29. The van der Waals surface area contributed by atoms with Crippen molar-refractivity contribution >= 4 is 34.7 Å². The van der Waals surface area contributed by atoms with Crippen molar-refractivity contribution in [3.05, 3.63) is 70.9 Å². The van der Waals surface area contributed by atoms with Gasteiger partial charge in [-0.1, -0.05) is 37.6 Å². The van der Waals surface area contributed by atoms with E-state index in [1.165, 1.54) is 5.56 Å². The molecule has 1 aliphatic heterocycles. The predicted octanol–water partition coefficient (Wildman–Crippen LogP) is 5.54. The number of halogens is 6. The van der Waals surface area contributed by atoms with Gasteiger partial charge in [0.05, 0.1) is 11.4 Å². The monoisotopic (exact) mass is 689 g/mol. The van der Waals surface area contributed by atoms with Gasteiger partial charge in [0.25, 0.3) is 5.91 Å². The van der Waals surface area contributed by atoms with Crippen LogP contribution in [0.4, 0.5) is 26.3 Å². The lowest BCUT2D eigenvalue weighted by molar-refractivity contribution is -0.193. The summed E-state index contributed by atoms with van der Waals surface area (Å²) in [5.41, 5.74) is 6.76. The minimum Gasteiger partial charge on any atom is -0.489 e. The first-order chi connectivity index (χ1) is 22.2. The summed E-state index contributed by atoms with van der Waals surface area (Å²) in [6, 6.07) is 15.2. The van der Waals surface area contributed by atoms with Crippen molar-refractivity contribution in [1.29, 1.82) is 0 Å². The van der Waals surface area contributed by atoms with Crippen LogP contribution in [-0.2, 0) is 25.8 Å². The second kappa shape index (κ2) is 16.3. The van der Waals surface area contributed by atoms with Gasteiger partial charge in [0, 0.05) is 23.2 Å². The lowest BCUT2D eigenvalue weighted by Crippen LogP contribution is -2.50. The van der Waals surface area contributed by atoms with Crippen molar-refractivity contribution in [3.63, 3.8) is 0 Å². The first-order valence-corrected chi connectivity index (χ1v) is 14.1. The topological polar surface area (TPSA) is 166 Å². The number of hydrogen-bond donors (Lipinski definition) is 4. The maximum absolute atomic E-state index is 13.1. The molecule has 0 saturated carbocycles. The molecule has 4 N–H and O–H groups in total. The highest BCUT2D eigenvalue weighted by molar-refractivity contribution is 5.92. The van der Waals surface area contributed by atoms with E-state index in [2.05, 4.69) is 30.1 Å². The number of aromatic nitrogens is 1. The van der Waals surface area contributed by atoms with E-state index in [0.717, 1.165) is 33.5 Å². The highest BCUT2D eigenvalue weighted by Gasteiger charge is 2.41. The van der Waals surface area contributed by atoms with Crippen LogP contribution in [0.25, 0.3) is 10.9 Å². The summed E-state index contributed by atoms with van der Waals surface area (Å²) in [6.45, 7) is 8.67. The van der Waals surface area contributed by atoms with Crippen molar-refractivity contribution in [2.45, 2.75) is 65.0 Å². The normalized spacial score (nSPS) is 15.2. The third kappa shape index (κ3) is 10.8. The molecule has 1 aromatic heterocycles. The average molecular weight is 690 g/mol. The van der Waals surface area contributed by atoms with Gasteiger partial charge in [-0.05, 0) is 62.1 Å². The summed E-state index contributed by atoms with van der Waals surface area (Å²) < 4.78 is 69.5. The Kier molecular flexibility index (Phi) is 13.3. The zero-order valence-corrected chi connectivity index (χ0v) is 26.0. The number of hydrogen-bond acceptors (Lipinski definition) is 7. The fourth-order valence-corrected chi connectivity index (χ4v) is 4.79. The number of carboxylic acids is 2. The Balaban J connectivity index is 0.000000479. The number of hydroxylamine groups is 1. The number of nitrogens with zero attached hydrogens (tertiary/aromatic N) is 2. The number of nitrogens with one attached hydrogen (secondary N) is 1. The van der Waals surface area contributed by atoms with E-state index in [1.807, 2.05) is 51.1 Å². The van der Waals surface area contributed by atoms with Gasteiger partial charge in [-0.25, -0.2) is 15.1 Å². The fraction of sp³-hybridized carbons (Fsp3) is 0.387. The Morgan fingerprint density at radius 3 is 1.98 bits per heavy atom. The van der Waals surface area contributed by atoms with E-state index in [4.69, 9.17) is 29.7 Å². The van der Waals surface area contributed by atoms with Gasteiger partial charge in [0.2, 0.25) is 5.91 Å². The van der Waals surface area contributed by atoms with Gasteiger partial charge in [-0.2, -0.15) is 26.3 Å². The van der Waals surface area contributed by atoms with Crippen LogP contribution in [0.2, 0.25) is 0 Å². The Hall–Kier alpha value is -4.93. The van der Waals surface area contributed by atoms with Gasteiger partial charge in [0.1, 0.15) is 18.4 Å². The van der Waals surface area contributed by atoms with Crippen LogP contribution in [0.3, 0.4) is 0 Å². The standard InChI is InChI=1S/C27H31N3O4.2C2HF3O2/c1-16(2)25(26(31)29-33)30-12-11-22(27(30)32)19-6-8-21(9-7-19)34-15-20-14-18(4)28-24-10-5-17(3)13-23(20)24;2*3-2(4,5)1(6)7/h5-10,13-14,16,22,25,33H,11-12,15H2,1-4H3,(H,29,31);2*(H,6,7). The number of aliphatic carboxylic acids is 2. The van der Waals surface area contributed by atoms with E-state index >= 15 is 0 Å². The Morgan fingerprint density at radius 1 is 0.958 bits per heavy atom. The molecule has 48 heavy (non-hydrogen) atoms. The lowest BCUT2D eigenvalue weighted by atomic mass is 9.97. The quantitative estimate of drug-likeness (QED) is 0.142. The minimum atomic E-state index is -5.08. The van der Waals surface area contributed by atoms with Crippen LogP contribution in [0.15, 0.2) is 48.5 Å². The molecule has 2 atom stereocenters. The van der Waals surface area contributed by atoms with Gasteiger partial charge in [-0.15, -0.1) is 0 Å². The maximum atomic E-state index is 13.1. The molecule has 1 saturated heterocycles. The first-order valence-electron chi connectivity index (χ1n) is 14.1. The molecule has 3 aromatic rings. The molecular weight excluding hydrogens is 656 g/mol. The van der Waals surface area contributed by atoms with Gasteiger partial charge < -0.3 is 19.8 Å². The van der Waals surface area contributed by atoms with E-state index in [9.17, 15) is 35.9 Å². The number of rotatable bonds is 7. The maximum Gasteiger partial charge on any atom is 0.490 e. The second-order valence-corrected chi connectivity index (χ2v) is 10.9. The molecule has 2 heterocycles. The zero-order valence-electron chi connectivity index (χ0n) is 26.0. The average Bonchev–Trinajstić information content (AvgIpc) is 3.36. The van der Waals surface area contributed by atoms with Crippen LogP contribution in [-0.4, -0.2) is 74.0 Å². The summed E-state index contributed by atoms with van der Waals surface area (Å²) in [7, 11) is 0. The number of aryl methyl sites for hydroxylation is 2. The molecule has 2 unspecified atom stereocenters. The van der Waals surface area contributed by atoms with E-state index < -0.39 is 36.2 Å². The highest BCUT2D eigenvalue weighted by Crippen LogP contribution is 2.33. The minimum absolute atomic E-state index is 0.0925. The highest BCUT2D eigenvalue weighted by atomic mass is 19.4. The van der Waals surface area contributed by atoms with Crippen LogP contribution < -0.4 is 10.2 Å². The summed E-state index contributed by atoms with van der Waals surface area (Å²) >= 11 is 0. The summed E-state index contributed by atoms with van der Waals surface area (Å²) in [5, 5.41) is 24.4. The molecule has 2 amide bonds. The van der Waals surface area contributed by atoms with Gasteiger partial charge >= 0.3 is 24.3 Å². The fourth-order valence-electron chi connectivity index (χ4n) is 4.79. The Bertz CT molecular complexity index is 1590. The smallest absolute Gasteiger partial charge is 0.489 e. The van der Waals surface area contributed by atoms with Crippen molar-refractivity contribution in [2.24, 2.45) is 5.92 Å². The molecule has 1 fully saturated rings. The third-order valence-corrected chi connectivity index (χ3v) is 6.93. The number of benzene rings is 2. The van der Waals surface area contributed by atoms with E-state index in [-0.39, 0.29) is 17.7 Å². The molecule has 17 heteroatoms. The predicted molar refractivity (Wildman–Crippen MR) is 157 cm³/mol. The van der Waals surface area contributed by atoms with E-state index in [1.54, 1.807) is 10.4 Å². The number of carboxylic acid groups (broad SMARTS) is 2. The van der Waals surface area contributed by atoms with Crippen molar-refractivity contribution < 1.29 is 65.7 Å². The molecule has 0 radical (unpaired) electrons. The number of fused-ring (bicyclic) bond motifs is 1. The molecule has 262 valence electrons. The zero-order chi connectivity index (χ0) is 36.6. The number of alkyl halides is 6. The number of amides is 2. The van der Waals surface area contributed by atoms with Crippen LogP contribution in [0.1, 0.15) is 48.6 Å². The number of ether oxygens (including phenoxy) is 1. The molecule has 0 spiro atoms. The molecule has 0 bridgehead atoms. The Labute approximate surface area is 270 Å². The van der Waals surface area contributed by atoms with Crippen molar-refractivity contribution in [3.8, 4) is 5.75 Å². The molecular formula is C31H33F6N3O8.